The van der Waals surface area contributed by atoms with E-state index in [0.717, 1.165) is 38.3 Å². The first kappa shape index (κ1) is 13.9. The fraction of sp³-hybridized carbons (Fsp3) is 0.462. The number of carbonyl (C=O) groups excluding carboxylic acids is 1. The zero-order chi connectivity index (χ0) is 13.8. The van der Waals surface area contributed by atoms with Crippen molar-refractivity contribution < 1.29 is 4.79 Å². The number of thiocarbonyl (C=S) groups is 1. The first-order valence-corrected chi connectivity index (χ1v) is 6.70. The second-order valence-electron chi connectivity index (χ2n) is 4.66. The van der Waals surface area contributed by atoms with Crippen molar-refractivity contribution in [2.75, 3.05) is 26.2 Å². The predicted octanol–water partition coefficient (Wildman–Crippen LogP) is 0.380. The van der Waals surface area contributed by atoms with E-state index >= 15 is 0 Å². The van der Waals surface area contributed by atoms with Gasteiger partial charge in [0, 0.05) is 45.8 Å². The molecule has 1 aliphatic heterocycles. The molecule has 6 heteroatoms. The molecule has 0 saturated carbocycles. The molecule has 19 heavy (non-hydrogen) atoms. The molecule has 0 atom stereocenters. The lowest BCUT2D eigenvalue weighted by atomic mass is 10.1. The lowest BCUT2D eigenvalue weighted by molar-refractivity contribution is -0.130. The van der Waals surface area contributed by atoms with Crippen LogP contribution in [0.25, 0.3) is 0 Å². The molecular weight excluding hydrogens is 260 g/mol. The van der Waals surface area contributed by atoms with Gasteiger partial charge in [0.05, 0.1) is 0 Å². The van der Waals surface area contributed by atoms with Crippen LogP contribution in [0, 0.1) is 0 Å². The molecule has 1 fully saturated rings. The minimum Gasteiger partial charge on any atom is -0.388 e. The van der Waals surface area contributed by atoms with Crippen molar-refractivity contribution in [3.8, 4) is 0 Å². The first-order chi connectivity index (χ1) is 9.08. The molecule has 0 aliphatic carbocycles. The summed E-state index contributed by atoms with van der Waals surface area (Å²) in [4.78, 5) is 20.0. The Morgan fingerprint density at radius 2 is 2.11 bits per heavy atom. The summed E-state index contributed by atoms with van der Waals surface area (Å²) in [6, 6.07) is 3.89. The van der Waals surface area contributed by atoms with Crippen molar-refractivity contribution in [1.82, 2.24) is 14.8 Å². The molecule has 5 nitrogen and oxygen atoms in total. The SMILES string of the molecule is CC(=O)N1CCN(Cc2cccnc2C(N)=S)CC1. The molecule has 1 aliphatic rings. The highest BCUT2D eigenvalue weighted by Crippen LogP contribution is 2.11. The second kappa shape index (κ2) is 6.08. The normalized spacial score (nSPS) is 16.4. The van der Waals surface area contributed by atoms with Gasteiger partial charge in [-0.1, -0.05) is 18.3 Å². The molecule has 0 bridgehead atoms. The molecule has 0 unspecified atom stereocenters. The van der Waals surface area contributed by atoms with Gasteiger partial charge in [0.2, 0.25) is 5.91 Å². The predicted molar refractivity (Wildman–Crippen MR) is 77.7 cm³/mol. The molecular formula is C13H18N4OS. The summed E-state index contributed by atoms with van der Waals surface area (Å²) in [5.41, 5.74) is 7.43. The standard InChI is InChI=1S/C13H18N4OS/c1-10(18)17-7-5-16(6-8-17)9-11-3-2-4-15-12(11)13(14)19/h2-4H,5-9H2,1H3,(H2,14,19). The van der Waals surface area contributed by atoms with Gasteiger partial charge in [0.1, 0.15) is 10.7 Å². The number of nitrogens with zero attached hydrogens (tertiary/aromatic N) is 3. The average molecular weight is 278 g/mol. The maximum absolute atomic E-state index is 11.3. The van der Waals surface area contributed by atoms with Gasteiger partial charge in [0.25, 0.3) is 0 Å². The van der Waals surface area contributed by atoms with Crippen LogP contribution in [0.15, 0.2) is 18.3 Å². The number of piperazine rings is 1. The van der Waals surface area contributed by atoms with Crippen LogP contribution < -0.4 is 5.73 Å². The Bertz CT molecular complexity index is 483. The van der Waals surface area contributed by atoms with Crippen LogP contribution in [0.2, 0.25) is 0 Å². The van der Waals surface area contributed by atoms with Crippen molar-refractivity contribution in [2.24, 2.45) is 5.73 Å². The Hall–Kier alpha value is -1.53. The van der Waals surface area contributed by atoms with E-state index in [1.807, 2.05) is 17.0 Å². The van der Waals surface area contributed by atoms with Crippen molar-refractivity contribution >= 4 is 23.1 Å². The number of pyridine rings is 1. The Morgan fingerprint density at radius 3 is 2.68 bits per heavy atom. The third kappa shape index (κ3) is 3.48. The number of rotatable bonds is 3. The van der Waals surface area contributed by atoms with E-state index in [1.165, 1.54) is 0 Å². The fourth-order valence-electron chi connectivity index (χ4n) is 2.25. The van der Waals surface area contributed by atoms with E-state index in [9.17, 15) is 4.79 Å². The van der Waals surface area contributed by atoms with Crippen LogP contribution in [0.3, 0.4) is 0 Å². The zero-order valence-electron chi connectivity index (χ0n) is 11.0. The molecule has 0 radical (unpaired) electrons. The van der Waals surface area contributed by atoms with Crippen LogP contribution in [-0.4, -0.2) is 51.9 Å². The smallest absolute Gasteiger partial charge is 0.219 e. The number of hydrogen-bond acceptors (Lipinski definition) is 4. The average Bonchev–Trinajstić information content (AvgIpc) is 2.39. The third-order valence-corrected chi connectivity index (χ3v) is 3.53. The van der Waals surface area contributed by atoms with Crippen LogP contribution in [0.4, 0.5) is 0 Å². The van der Waals surface area contributed by atoms with Gasteiger partial charge < -0.3 is 10.6 Å². The van der Waals surface area contributed by atoms with E-state index in [2.05, 4.69) is 9.88 Å². The van der Waals surface area contributed by atoms with E-state index in [0.29, 0.717) is 10.7 Å². The van der Waals surface area contributed by atoms with Crippen molar-refractivity contribution in [3.05, 3.63) is 29.6 Å². The number of carbonyl (C=O) groups is 1. The number of amides is 1. The Labute approximate surface area is 118 Å². The molecule has 2 rings (SSSR count). The third-order valence-electron chi connectivity index (χ3n) is 3.34. The van der Waals surface area contributed by atoms with Crippen molar-refractivity contribution in [3.63, 3.8) is 0 Å². The van der Waals surface area contributed by atoms with Gasteiger partial charge in [-0.2, -0.15) is 0 Å². The Balaban J connectivity index is 2.00. The molecule has 1 amide bonds. The maximum Gasteiger partial charge on any atom is 0.219 e. The summed E-state index contributed by atoms with van der Waals surface area (Å²) in [5.74, 6) is 0.143. The number of aromatic nitrogens is 1. The van der Waals surface area contributed by atoms with Gasteiger partial charge >= 0.3 is 0 Å². The van der Waals surface area contributed by atoms with Crippen molar-refractivity contribution in [2.45, 2.75) is 13.5 Å². The van der Waals surface area contributed by atoms with E-state index in [4.69, 9.17) is 18.0 Å². The molecule has 0 spiro atoms. The number of nitrogens with two attached hydrogens (primary N) is 1. The molecule has 102 valence electrons. The lowest BCUT2D eigenvalue weighted by Gasteiger charge is -2.34. The van der Waals surface area contributed by atoms with E-state index in [-0.39, 0.29) is 5.91 Å². The molecule has 1 aromatic heterocycles. The fourth-order valence-corrected chi connectivity index (χ4v) is 2.43. The highest BCUT2D eigenvalue weighted by atomic mass is 32.1. The highest BCUT2D eigenvalue weighted by molar-refractivity contribution is 7.80. The summed E-state index contributed by atoms with van der Waals surface area (Å²) in [5, 5.41) is 0. The topological polar surface area (TPSA) is 62.5 Å². The van der Waals surface area contributed by atoms with Crippen molar-refractivity contribution in [1.29, 1.82) is 0 Å². The number of hydrogen-bond donors (Lipinski definition) is 1. The Kier molecular flexibility index (Phi) is 4.44. The van der Waals surface area contributed by atoms with E-state index in [1.54, 1.807) is 13.1 Å². The largest absolute Gasteiger partial charge is 0.388 e. The zero-order valence-corrected chi connectivity index (χ0v) is 11.8. The molecule has 1 saturated heterocycles. The lowest BCUT2D eigenvalue weighted by Crippen LogP contribution is -2.47. The first-order valence-electron chi connectivity index (χ1n) is 6.29. The summed E-state index contributed by atoms with van der Waals surface area (Å²) in [6.07, 6.45) is 1.70. The quantitative estimate of drug-likeness (QED) is 0.810. The van der Waals surface area contributed by atoms with Gasteiger partial charge in [0.15, 0.2) is 0 Å². The molecule has 2 heterocycles. The van der Waals surface area contributed by atoms with Crippen LogP contribution in [-0.2, 0) is 11.3 Å². The summed E-state index contributed by atoms with van der Waals surface area (Å²) >= 11 is 5.01. The minimum atomic E-state index is 0.143. The van der Waals surface area contributed by atoms with Crippen LogP contribution >= 0.6 is 12.2 Å². The van der Waals surface area contributed by atoms with Crippen LogP contribution in [0.5, 0.6) is 0 Å². The Morgan fingerprint density at radius 1 is 1.42 bits per heavy atom. The molecule has 0 aromatic carbocycles. The minimum absolute atomic E-state index is 0.143. The van der Waals surface area contributed by atoms with Gasteiger partial charge in [-0.15, -0.1) is 0 Å². The second-order valence-corrected chi connectivity index (χ2v) is 5.10. The highest BCUT2D eigenvalue weighted by Gasteiger charge is 2.19. The maximum atomic E-state index is 11.3. The molecule has 2 N–H and O–H groups in total. The summed E-state index contributed by atoms with van der Waals surface area (Å²) in [7, 11) is 0. The van der Waals surface area contributed by atoms with Gasteiger partial charge in [-0.3, -0.25) is 14.7 Å². The van der Waals surface area contributed by atoms with Gasteiger partial charge in [-0.05, 0) is 11.6 Å². The summed E-state index contributed by atoms with van der Waals surface area (Å²) in [6.45, 7) is 5.67. The van der Waals surface area contributed by atoms with Gasteiger partial charge in [-0.25, -0.2) is 0 Å². The molecule has 1 aromatic rings. The van der Waals surface area contributed by atoms with E-state index < -0.39 is 0 Å². The monoisotopic (exact) mass is 278 g/mol. The van der Waals surface area contributed by atoms with Crippen LogP contribution in [0.1, 0.15) is 18.2 Å². The summed E-state index contributed by atoms with van der Waals surface area (Å²) < 4.78 is 0.